The highest BCUT2D eigenvalue weighted by Crippen LogP contribution is 2.38. The van der Waals surface area contributed by atoms with Crippen molar-refractivity contribution < 1.29 is 9.47 Å². The highest BCUT2D eigenvalue weighted by molar-refractivity contribution is 5.33. The first-order chi connectivity index (χ1) is 7.30. The normalized spacial score (nSPS) is 34.8. The van der Waals surface area contributed by atoms with E-state index in [4.69, 9.17) is 9.47 Å². The molecule has 84 valence electrons. The molecule has 0 fully saturated rings. The molecule has 0 spiro atoms. The van der Waals surface area contributed by atoms with Crippen LogP contribution in [0.5, 0.6) is 0 Å². The molecule has 0 aromatic carbocycles. The van der Waals surface area contributed by atoms with Gasteiger partial charge in [0.15, 0.2) is 0 Å². The molecular weight excluding hydrogens is 188 g/mol. The minimum atomic E-state index is -0.174. The first-order valence-electron chi connectivity index (χ1n) is 5.75. The van der Waals surface area contributed by atoms with Crippen LogP contribution in [0.15, 0.2) is 23.8 Å². The topological polar surface area (TPSA) is 18.5 Å². The summed E-state index contributed by atoms with van der Waals surface area (Å²) >= 11 is 0. The van der Waals surface area contributed by atoms with Gasteiger partial charge in [-0.2, -0.15) is 0 Å². The average Bonchev–Trinajstić information content (AvgIpc) is 2.22. The summed E-state index contributed by atoms with van der Waals surface area (Å²) in [7, 11) is 3.55. The second-order valence-corrected chi connectivity index (χ2v) is 4.49. The molecule has 3 rings (SSSR count). The number of hydrogen-bond acceptors (Lipinski definition) is 2. The first-order valence-corrected chi connectivity index (χ1v) is 5.75. The lowest BCUT2D eigenvalue weighted by Gasteiger charge is -2.37. The summed E-state index contributed by atoms with van der Waals surface area (Å²) in [4.78, 5) is 0. The van der Waals surface area contributed by atoms with E-state index in [-0.39, 0.29) is 5.60 Å². The van der Waals surface area contributed by atoms with Crippen molar-refractivity contribution in [3.63, 3.8) is 0 Å². The monoisotopic (exact) mass is 208 g/mol. The van der Waals surface area contributed by atoms with Crippen molar-refractivity contribution in [3.8, 4) is 0 Å². The lowest BCUT2D eigenvalue weighted by molar-refractivity contribution is 0.0355. The molecule has 0 saturated heterocycles. The van der Waals surface area contributed by atoms with Crippen molar-refractivity contribution in [3.05, 3.63) is 23.8 Å². The van der Waals surface area contributed by atoms with Crippen LogP contribution in [0.1, 0.15) is 25.7 Å². The third kappa shape index (κ3) is 2.01. The van der Waals surface area contributed by atoms with Gasteiger partial charge in [0.1, 0.15) is 5.60 Å². The molecule has 0 heterocycles. The molecule has 0 N–H and O–H groups in total. The van der Waals surface area contributed by atoms with E-state index in [2.05, 4.69) is 18.2 Å². The van der Waals surface area contributed by atoms with Crippen LogP contribution in [-0.2, 0) is 9.47 Å². The van der Waals surface area contributed by atoms with Gasteiger partial charge in [-0.15, -0.1) is 0 Å². The summed E-state index contributed by atoms with van der Waals surface area (Å²) in [6.45, 7) is 0.689. The Morgan fingerprint density at radius 2 is 2.27 bits per heavy atom. The van der Waals surface area contributed by atoms with Gasteiger partial charge in [-0.1, -0.05) is 24.6 Å². The van der Waals surface area contributed by atoms with Crippen LogP contribution >= 0.6 is 0 Å². The summed E-state index contributed by atoms with van der Waals surface area (Å²) in [5, 5.41) is 0. The maximum Gasteiger partial charge on any atom is 0.109 e. The third-order valence-electron chi connectivity index (χ3n) is 3.57. The molecule has 3 aliphatic carbocycles. The number of methoxy groups -OCH3 is 2. The predicted octanol–water partition coefficient (Wildman–Crippen LogP) is 2.70. The molecule has 2 heteroatoms. The van der Waals surface area contributed by atoms with Crippen molar-refractivity contribution >= 4 is 0 Å². The van der Waals surface area contributed by atoms with Crippen LogP contribution in [0.4, 0.5) is 0 Å². The minimum Gasteiger partial charge on any atom is -0.380 e. The minimum absolute atomic E-state index is 0.174. The Labute approximate surface area is 92.0 Å². The van der Waals surface area contributed by atoms with Crippen LogP contribution in [0.2, 0.25) is 0 Å². The van der Waals surface area contributed by atoms with Gasteiger partial charge in [0.05, 0.1) is 6.61 Å². The predicted molar refractivity (Wildman–Crippen MR) is 60.8 cm³/mol. The van der Waals surface area contributed by atoms with Crippen LogP contribution in [0, 0.1) is 5.92 Å². The van der Waals surface area contributed by atoms with Gasteiger partial charge < -0.3 is 9.47 Å². The second-order valence-electron chi connectivity index (χ2n) is 4.49. The smallest absolute Gasteiger partial charge is 0.109 e. The summed E-state index contributed by atoms with van der Waals surface area (Å²) in [5.74, 6) is 0.596. The zero-order valence-corrected chi connectivity index (χ0v) is 9.66. The molecule has 0 aromatic heterocycles. The van der Waals surface area contributed by atoms with Gasteiger partial charge >= 0.3 is 0 Å². The molecule has 3 aliphatic rings. The van der Waals surface area contributed by atoms with E-state index in [0.29, 0.717) is 12.5 Å². The van der Waals surface area contributed by atoms with E-state index in [0.717, 1.165) is 6.42 Å². The number of hydrogen-bond donors (Lipinski definition) is 0. The quantitative estimate of drug-likeness (QED) is 0.664. The van der Waals surface area contributed by atoms with Crippen LogP contribution in [0.3, 0.4) is 0 Å². The fraction of sp³-hybridized carbons (Fsp3) is 0.692. The maximum absolute atomic E-state index is 5.73. The Bertz CT molecular complexity index is 280. The SMILES string of the molecule is COCC1=C[C@H]2C=C[C@]1(OC)CCCC2. The summed E-state index contributed by atoms with van der Waals surface area (Å²) in [6.07, 6.45) is 11.8. The van der Waals surface area contributed by atoms with Gasteiger partial charge in [0, 0.05) is 14.2 Å². The molecule has 0 unspecified atom stereocenters. The highest BCUT2D eigenvalue weighted by Gasteiger charge is 2.35. The Morgan fingerprint density at radius 1 is 1.40 bits per heavy atom. The second kappa shape index (κ2) is 4.50. The van der Waals surface area contributed by atoms with Gasteiger partial charge in [-0.25, -0.2) is 0 Å². The van der Waals surface area contributed by atoms with Gasteiger partial charge in [-0.05, 0) is 30.8 Å². The summed E-state index contributed by atoms with van der Waals surface area (Å²) in [6, 6.07) is 0. The molecule has 0 saturated carbocycles. The van der Waals surface area contributed by atoms with Crippen molar-refractivity contribution in [1.29, 1.82) is 0 Å². The molecule has 0 aromatic rings. The highest BCUT2D eigenvalue weighted by atomic mass is 16.5. The molecule has 2 nitrogen and oxygen atoms in total. The Morgan fingerprint density at radius 3 is 3.00 bits per heavy atom. The summed E-state index contributed by atoms with van der Waals surface area (Å²) in [5.41, 5.74) is 1.13. The standard InChI is InChI=1S/C13H20O2/c1-14-10-12-9-11-5-3-4-7-13(12,15-2)8-6-11/h6,8-9,11H,3-5,7,10H2,1-2H3/t11-,13-/m1/s1. The zero-order chi connectivity index (χ0) is 10.7. The average molecular weight is 208 g/mol. The van der Waals surface area contributed by atoms with E-state index < -0.39 is 0 Å². The van der Waals surface area contributed by atoms with Crippen LogP contribution in [-0.4, -0.2) is 26.4 Å². The maximum atomic E-state index is 5.73. The third-order valence-corrected chi connectivity index (χ3v) is 3.57. The molecule has 15 heavy (non-hydrogen) atoms. The Kier molecular flexibility index (Phi) is 3.27. The van der Waals surface area contributed by atoms with Crippen molar-refractivity contribution in [2.75, 3.05) is 20.8 Å². The number of fused-ring (bicyclic) bond motifs is 3. The fourth-order valence-electron chi connectivity index (χ4n) is 2.66. The molecular formula is C13H20O2. The fourth-order valence-corrected chi connectivity index (χ4v) is 2.66. The van der Waals surface area contributed by atoms with Gasteiger partial charge in [0.2, 0.25) is 0 Å². The number of allylic oxidation sites excluding steroid dienone is 2. The molecule has 2 bridgehead atoms. The van der Waals surface area contributed by atoms with E-state index in [1.165, 1.54) is 24.8 Å². The van der Waals surface area contributed by atoms with E-state index in [9.17, 15) is 0 Å². The molecule has 0 radical (unpaired) electrons. The number of ether oxygens (including phenoxy) is 2. The number of rotatable bonds is 3. The molecule has 0 aliphatic heterocycles. The van der Waals surface area contributed by atoms with Gasteiger partial charge in [0.25, 0.3) is 0 Å². The van der Waals surface area contributed by atoms with Crippen molar-refractivity contribution in [1.82, 2.24) is 0 Å². The Hall–Kier alpha value is -0.600. The van der Waals surface area contributed by atoms with Crippen molar-refractivity contribution in [2.24, 2.45) is 5.92 Å². The van der Waals surface area contributed by atoms with Crippen LogP contribution < -0.4 is 0 Å². The van der Waals surface area contributed by atoms with E-state index in [1.54, 1.807) is 14.2 Å². The van der Waals surface area contributed by atoms with E-state index >= 15 is 0 Å². The zero-order valence-electron chi connectivity index (χ0n) is 9.66. The Balaban J connectivity index is 2.29. The summed E-state index contributed by atoms with van der Waals surface area (Å²) < 4.78 is 11.0. The van der Waals surface area contributed by atoms with Crippen LogP contribution in [0.25, 0.3) is 0 Å². The van der Waals surface area contributed by atoms with Gasteiger partial charge in [-0.3, -0.25) is 0 Å². The first kappa shape index (κ1) is 10.9. The van der Waals surface area contributed by atoms with E-state index in [1.807, 2.05) is 0 Å². The largest absolute Gasteiger partial charge is 0.380 e. The lowest BCUT2D eigenvalue weighted by Crippen LogP contribution is -2.37. The molecule has 0 amide bonds. The lowest BCUT2D eigenvalue weighted by atomic mass is 9.77. The van der Waals surface area contributed by atoms with Crippen molar-refractivity contribution in [2.45, 2.75) is 31.3 Å². The molecule has 2 atom stereocenters.